The largest absolute Gasteiger partial charge is 0.236 e. The van der Waals surface area contributed by atoms with E-state index in [0.717, 1.165) is 16.1 Å². The molecule has 21 heavy (non-hydrogen) atoms. The molecule has 0 saturated heterocycles. The molecule has 0 amide bonds. The van der Waals surface area contributed by atoms with Crippen LogP contribution in [0.2, 0.25) is 0 Å². The second kappa shape index (κ2) is 5.61. The lowest BCUT2D eigenvalue weighted by molar-refractivity contribution is 0.449. The van der Waals surface area contributed by atoms with Gasteiger partial charge in [-0.25, -0.2) is 18.2 Å². The van der Waals surface area contributed by atoms with E-state index in [9.17, 15) is 13.2 Å². The lowest BCUT2D eigenvalue weighted by Crippen LogP contribution is -1.93. The molecule has 0 aliphatic rings. The van der Waals surface area contributed by atoms with E-state index in [1.54, 1.807) is 5.38 Å². The molecule has 0 unspecified atom stereocenters. The van der Waals surface area contributed by atoms with Gasteiger partial charge in [-0.15, -0.1) is 11.3 Å². The summed E-state index contributed by atoms with van der Waals surface area (Å²) in [6.45, 7) is 0. The molecule has 2 aromatic carbocycles. The summed E-state index contributed by atoms with van der Waals surface area (Å²) in [6, 6.07) is 9.55. The third-order valence-electron chi connectivity index (χ3n) is 2.92. The lowest BCUT2D eigenvalue weighted by atomic mass is 10.2. The van der Waals surface area contributed by atoms with Crippen molar-refractivity contribution in [3.63, 3.8) is 0 Å². The average Bonchev–Trinajstić information content (AvgIpc) is 2.95. The van der Waals surface area contributed by atoms with Crippen LogP contribution in [-0.2, 0) is 0 Å². The molecule has 0 aliphatic carbocycles. The Hall–Kier alpha value is -1.66. The Labute approximate surface area is 131 Å². The molecule has 0 radical (unpaired) electrons. The minimum atomic E-state index is -1.48. The number of nitrogens with zero attached hydrogens (tertiary/aromatic N) is 1. The number of halogens is 4. The van der Waals surface area contributed by atoms with Crippen LogP contribution in [0.1, 0.15) is 0 Å². The zero-order valence-electron chi connectivity index (χ0n) is 10.4. The van der Waals surface area contributed by atoms with Gasteiger partial charge in [0, 0.05) is 21.0 Å². The summed E-state index contributed by atoms with van der Waals surface area (Å²) in [6.07, 6.45) is 0. The maximum absolute atomic E-state index is 13.8. The summed E-state index contributed by atoms with van der Waals surface area (Å²) in [5.74, 6) is -3.91. The van der Waals surface area contributed by atoms with Crippen molar-refractivity contribution in [3.05, 3.63) is 63.7 Å². The van der Waals surface area contributed by atoms with Crippen LogP contribution < -0.4 is 0 Å². The third-order valence-corrected chi connectivity index (χ3v) is 4.49. The van der Waals surface area contributed by atoms with Gasteiger partial charge in [0.2, 0.25) is 0 Å². The first-order valence-electron chi connectivity index (χ1n) is 5.92. The number of rotatable bonds is 2. The van der Waals surface area contributed by atoms with Crippen molar-refractivity contribution >= 4 is 27.3 Å². The fourth-order valence-electron chi connectivity index (χ4n) is 1.88. The number of hydrogen-bond acceptors (Lipinski definition) is 2. The average molecular weight is 370 g/mol. The number of benzene rings is 2. The van der Waals surface area contributed by atoms with Crippen LogP contribution in [0, 0.1) is 17.5 Å². The third kappa shape index (κ3) is 2.61. The molecular formula is C15H7BrF3NS. The summed E-state index contributed by atoms with van der Waals surface area (Å²) in [5.41, 5.74) is 1.45. The maximum Gasteiger partial charge on any atom is 0.195 e. The van der Waals surface area contributed by atoms with Crippen LogP contribution in [0.3, 0.4) is 0 Å². The Morgan fingerprint density at radius 3 is 2.43 bits per heavy atom. The highest BCUT2D eigenvalue weighted by molar-refractivity contribution is 9.10. The van der Waals surface area contributed by atoms with Crippen LogP contribution in [0.5, 0.6) is 0 Å². The summed E-state index contributed by atoms with van der Waals surface area (Å²) in [5, 5.41) is 2.05. The Bertz CT molecular complexity index is 816. The first-order chi connectivity index (χ1) is 10.1. The van der Waals surface area contributed by atoms with Crippen molar-refractivity contribution in [1.82, 2.24) is 4.98 Å². The van der Waals surface area contributed by atoms with Crippen LogP contribution >= 0.6 is 27.3 Å². The van der Waals surface area contributed by atoms with Gasteiger partial charge in [-0.1, -0.05) is 34.1 Å². The second-order valence-corrected chi connectivity index (χ2v) is 5.95. The van der Waals surface area contributed by atoms with E-state index < -0.39 is 17.5 Å². The van der Waals surface area contributed by atoms with Crippen LogP contribution in [-0.4, -0.2) is 4.98 Å². The number of hydrogen-bond donors (Lipinski definition) is 0. The number of aromatic nitrogens is 1. The molecule has 1 aromatic heterocycles. The van der Waals surface area contributed by atoms with Crippen LogP contribution in [0.4, 0.5) is 13.2 Å². The van der Waals surface area contributed by atoms with Gasteiger partial charge in [-0.05, 0) is 18.2 Å². The van der Waals surface area contributed by atoms with Crippen LogP contribution in [0.15, 0.2) is 46.3 Å². The molecule has 0 bridgehead atoms. The molecule has 0 fully saturated rings. The van der Waals surface area contributed by atoms with Gasteiger partial charge in [-0.2, -0.15) is 0 Å². The molecule has 3 aromatic rings. The van der Waals surface area contributed by atoms with E-state index in [4.69, 9.17) is 0 Å². The van der Waals surface area contributed by atoms with Gasteiger partial charge in [0.05, 0.1) is 5.69 Å². The first kappa shape index (κ1) is 14.3. The molecule has 106 valence electrons. The topological polar surface area (TPSA) is 12.9 Å². The van der Waals surface area contributed by atoms with Crippen molar-refractivity contribution in [2.24, 2.45) is 0 Å². The highest BCUT2D eigenvalue weighted by Crippen LogP contribution is 2.34. The van der Waals surface area contributed by atoms with Crippen LogP contribution in [0.25, 0.3) is 21.8 Å². The Kier molecular flexibility index (Phi) is 3.82. The van der Waals surface area contributed by atoms with Gasteiger partial charge in [0.15, 0.2) is 17.5 Å². The Balaban J connectivity index is 2.07. The van der Waals surface area contributed by atoms with Crippen molar-refractivity contribution in [1.29, 1.82) is 0 Å². The molecule has 6 heteroatoms. The molecule has 3 rings (SSSR count). The smallest absolute Gasteiger partial charge is 0.195 e. The molecule has 0 N–H and O–H groups in total. The van der Waals surface area contributed by atoms with Crippen molar-refractivity contribution in [2.75, 3.05) is 0 Å². The second-order valence-electron chi connectivity index (χ2n) is 4.24. The van der Waals surface area contributed by atoms with E-state index in [0.29, 0.717) is 10.7 Å². The van der Waals surface area contributed by atoms with Crippen molar-refractivity contribution < 1.29 is 13.2 Å². The van der Waals surface area contributed by atoms with E-state index in [2.05, 4.69) is 20.9 Å². The standard InChI is InChI=1S/C15H7BrF3NS/c16-10-4-2-1-3-8(10)12-7-21-15(20-12)9-5-6-11(17)14(19)13(9)18/h1-7H. The fourth-order valence-corrected chi connectivity index (χ4v) is 3.21. The molecule has 0 atom stereocenters. The summed E-state index contributed by atoms with van der Waals surface area (Å²) >= 11 is 4.59. The van der Waals surface area contributed by atoms with E-state index >= 15 is 0 Å². The molecule has 0 aliphatic heterocycles. The summed E-state index contributed by atoms with van der Waals surface area (Å²) < 4.78 is 40.9. The zero-order valence-corrected chi connectivity index (χ0v) is 12.8. The minimum absolute atomic E-state index is 0.0443. The first-order valence-corrected chi connectivity index (χ1v) is 7.59. The quantitative estimate of drug-likeness (QED) is 0.531. The van der Waals surface area contributed by atoms with Gasteiger partial charge < -0.3 is 0 Å². The fraction of sp³-hybridized carbons (Fsp3) is 0. The number of thiazole rings is 1. The van der Waals surface area contributed by atoms with Gasteiger partial charge >= 0.3 is 0 Å². The van der Waals surface area contributed by atoms with E-state index in [1.807, 2.05) is 24.3 Å². The van der Waals surface area contributed by atoms with Gasteiger partial charge in [0.25, 0.3) is 0 Å². The van der Waals surface area contributed by atoms with Crippen molar-refractivity contribution in [3.8, 4) is 21.8 Å². The summed E-state index contributed by atoms with van der Waals surface area (Å²) in [7, 11) is 0. The summed E-state index contributed by atoms with van der Waals surface area (Å²) in [4.78, 5) is 4.30. The molecule has 1 nitrogen and oxygen atoms in total. The molecule has 1 heterocycles. The van der Waals surface area contributed by atoms with Crippen molar-refractivity contribution in [2.45, 2.75) is 0 Å². The highest BCUT2D eigenvalue weighted by Gasteiger charge is 2.17. The predicted octanol–water partition coefficient (Wildman–Crippen LogP) is 5.66. The van der Waals surface area contributed by atoms with E-state index in [1.165, 1.54) is 17.4 Å². The monoisotopic (exact) mass is 369 g/mol. The SMILES string of the molecule is Fc1ccc(-c2nc(-c3ccccc3Br)cs2)c(F)c1F. The van der Waals surface area contributed by atoms with Gasteiger partial charge in [-0.3, -0.25) is 0 Å². The zero-order chi connectivity index (χ0) is 15.0. The predicted molar refractivity (Wildman–Crippen MR) is 80.6 cm³/mol. The maximum atomic E-state index is 13.8. The molecule has 0 spiro atoms. The normalized spacial score (nSPS) is 10.9. The minimum Gasteiger partial charge on any atom is -0.236 e. The van der Waals surface area contributed by atoms with Gasteiger partial charge in [0.1, 0.15) is 5.01 Å². The molecule has 0 saturated carbocycles. The highest BCUT2D eigenvalue weighted by atomic mass is 79.9. The Morgan fingerprint density at radius 2 is 1.67 bits per heavy atom. The lowest BCUT2D eigenvalue weighted by Gasteiger charge is -2.02. The van der Waals surface area contributed by atoms with E-state index in [-0.39, 0.29) is 5.56 Å². The Morgan fingerprint density at radius 1 is 0.905 bits per heavy atom. The molecular weight excluding hydrogens is 363 g/mol.